The lowest BCUT2D eigenvalue weighted by Crippen LogP contribution is -2.49. The average Bonchev–Trinajstić information content (AvgIpc) is 3.13. The number of rotatable bonds is 6. The van der Waals surface area contributed by atoms with E-state index in [2.05, 4.69) is 15.7 Å². The van der Waals surface area contributed by atoms with Crippen LogP contribution in [0.15, 0.2) is 4.99 Å². The number of nitrogens with one attached hydrogen (secondary N) is 2. The van der Waals surface area contributed by atoms with E-state index >= 15 is 0 Å². The molecule has 2 unspecified atom stereocenters. The van der Waals surface area contributed by atoms with E-state index in [1.807, 2.05) is 0 Å². The number of nitrogens with two attached hydrogens (primary N) is 1. The molecule has 0 bridgehead atoms. The van der Waals surface area contributed by atoms with Crippen molar-refractivity contribution in [1.82, 2.24) is 10.7 Å². The molecule has 6 nitrogen and oxygen atoms in total. The molecule has 4 N–H and O–H groups in total. The number of nitrogens with zero attached hydrogens (tertiary/aromatic N) is 1. The third-order valence-electron chi connectivity index (χ3n) is 3.46. The molecule has 6 heteroatoms. The Hall–Kier alpha value is -0.850. The molecule has 104 valence electrons. The lowest BCUT2D eigenvalue weighted by atomic mass is 10.1. The Morgan fingerprint density at radius 3 is 2.94 bits per heavy atom. The summed E-state index contributed by atoms with van der Waals surface area (Å²) in [6.45, 7) is 2.26. The van der Waals surface area contributed by atoms with E-state index in [4.69, 9.17) is 15.3 Å². The topological polar surface area (TPSA) is 80.9 Å². The fourth-order valence-corrected chi connectivity index (χ4v) is 2.36. The van der Waals surface area contributed by atoms with Crippen LogP contribution in [0.4, 0.5) is 0 Å². The Morgan fingerprint density at radius 2 is 2.28 bits per heavy atom. The van der Waals surface area contributed by atoms with Gasteiger partial charge in [0.2, 0.25) is 5.96 Å². The van der Waals surface area contributed by atoms with Gasteiger partial charge in [-0.1, -0.05) is 0 Å². The minimum absolute atomic E-state index is 0.336. The molecule has 1 aliphatic heterocycles. The molecule has 0 spiro atoms. The maximum Gasteiger partial charge on any atom is 0.206 e. The van der Waals surface area contributed by atoms with Gasteiger partial charge >= 0.3 is 0 Å². The van der Waals surface area contributed by atoms with E-state index in [1.54, 1.807) is 7.11 Å². The van der Waals surface area contributed by atoms with Gasteiger partial charge in [0.05, 0.1) is 12.1 Å². The first-order valence-electron chi connectivity index (χ1n) is 6.73. The third kappa shape index (κ3) is 3.83. The van der Waals surface area contributed by atoms with E-state index in [1.165, 1.54) is 12.8 Å². The fraction of sp³-hybridized carbons (Fsp3) is 0.917. The Kier molecular flexibility index (Phi) is 5.22. The second-order valence-electron chi connectivity index (χ2n) is 4.93. The van der Waals surface area contributed by atoms with Gasteiger partial charge in [0.15, 0.2) is 0 Å². The Morgan fingerprint density at radius 1 is 1.44 bits per heavy atom. The minimum Gasteiger partial charge on any atom is -0.385 e. The summed E-state index contributed by atoms with van der Waals surface area (Å²) >= 11 is 0. The molecular formula is C12H24N4O2. The van der Waals surface area contributed by atoms with Gasteiger partial charge < -0.3 is 14.8 Å². The van der Waals surface area contributed by atoms with Gasteiger partial charge in [-0.25, -0.2) is 5.84 Å². The largest absolute Gasteiger partial charge is 0.385 e. The highest BCUT2D eigenvalue weighted by molar-refractivity contribution is 5.79. The lowest BCUT2D eigenvalue weighted by Gasteiger charge is -2.21. The van der Waals surface area contributed by atoms with E-state index in [-0.39, 0.29) is 0 Å². The smallest absolute Gasteiger partial charge is 0.206 e. The fourth-order valence-electron chi connectivity index (χ4n) is 2.36. The molecule has 0 aromatic heterocycles. The Labute approximate surface area is 108 Å². The van der Waals surface area contributed by atoms with Crippen LogP contribution >= 0.6 is 0 Å². The summed E-state index contributed by atoms with van der Waals surface area (Å²) in [5.74, 6) is 6.88. The normalized spacial score (nSPS) is 28.4. The van der Waals surface area contributed by atoms with Crippen LogP contribution in [0.1, 0.15) is 25.7 Å². The van der Waals surface area contributed by atoms with E-state index < -0.39 is 0 Å². The second kappa shape index (κ2) is 6.92. The SMILES string of the molecule is COCCCN=C(NN)NC1CCOC1C1CC1. The van der Waals surface area contributed by atoms with Crippen LogP contribution in [-0.2, 0) is 9.47 Å². The lowest BCUT2D eigenvalue weighted by molar-refractivity contribution is 0.0841. The van der Waals surface area contributed by atoms with Crippen molar-refractivity contribution in [2.24, 2.45) is 16.8 Å². The summed E-state index contributed by atoms with van der Waals surface area (Å²) in [7, 11) is 1.69. The van der Waals surface area contributed by atoms with Gasteiger partial charge in [-0.2, -0.15) is 0 Å². The first kappa shape index (κ1) is 13.6. The minimum atomic E-state index is 0.336. The van der Waals surface area contributed by atoms with Gasteiger partial charge in [-0.05, 0) is 31.6 Å². The standard InChI is InChI=1S/C12H24N4O2/c1-17-7-2-6-14-12(16-13)15-10-5-8-18-11(10)9-3-4-9/h9-11H,2-8,13H2,1H3,(H2,14,15,16). The van der Waals surface area contributed by atoms with E-state index in [0.717, 1.165) is 32.0 Å². The zero-order chi connectivity index (χ0) is 12.8. The quantitative estimate of drug-likeness (QED) is 0.205. The molecule has 1 saturated carbocycles. The Balaban J connectivity index is 1.77. The zero-order valence-corrected chi connectivity index (χ0v) is 11.0. The second-order valence-corrected chi connectivity index (χ2v) is 4.93. The summed E-state index contributed by atoms with van der Waals surface area (Å²) in [4.78, 5) is 4.39. The molecule has 0 amide bonds. The molecule has 2 aliphatic rings. The molecule has 2 fully saturated rings. The van der Waals surface area contributed by atoms with Gasteiger partial charge in [-0.15, -0.1) is 0 Å². The molecule has 0 aromatic rings. The molecule has 2 atom stereocenters. The van der Waals surface area contributed by atoms with E-state index in [0.29, 0.717) is 24.7 Å². The van der Waals surface area contributed by atoms with Crippen LogP contribution in [0, 0.1) is 5.92 Å². The van der Waals surface area contributed by atoms with Crippen molar-refractivity contribution in [3.05, 3.63) is 0 Å². The Bertz CT molecular complexity index is 281. The van der Waals surface area contributed by atoms with Gasteiger partial charge in [0.25, 0.3) is 0 Å². The number of aliphatic imine (C=N–C) groups is 1. The highest BCUT2D eigenvalue weighted by Crippen LogP contribution is 2.38. The van der Waals surface area contributed by atoms with Crippen molar-refractivity contribution >= 4 is 5.96 Å². The van der Waals surface area contributed by atoms with Crippen LogP contribution in [0.2, 0.25) is 0 Å². The van der Waals surface area contributed by atoms with E-state index in [9.17, 15) is 0 Å². The number of hydrogen-bond acceptors (Lipinski definition) is 4. The number of hydrogen-bond donors (Lipinski definition) is 3. The molecule has 0 aromatic carbocycles. The highest BCUT2D eigenvalue weighted by atomic mass is 16.5. The van der Waals surface area contributed by atoms with Crippen molar-refractivity contribution < 1.29 is 9.47 Å². The van der Waals surface area contributed by atoms with Crippen LogP contribution in [0.25, 0.3) is 0 Å². The summed E-state index contributed by atoms with van der Waals surface area (Å²) in [5.41, 5.74) is 2.63. The van der Waals surface area contributed by atoms with Crippen molar-refractivity contribution in [3.8, 4) is 0 Å². The molecule has 18 heavy (non-hydrogen) atoms. The maximum atomic E-state index is 5.77. The number of hydrazine groups is 1. The summed E-state index contributed by atoms with van der Waals surface area (Å²) < 4.78 is 10.8. The van der Waals surface area contributed by atoms with Gasteiger partial charge in [0, 0.05) is 26.9 Å². The number of ether oxygens (including phenoxy) is 2. The predicted octanol–water partition coefficient (Wildman–Crippen LogP) is -0.000700. The molecule has 2 rings (SSSR count). The van der Waals surface area contributed by atoms with Gasteiger partial charge in [0.1, 0.15) is 0 Å². The maximum absolute atomic E-state index is 5.77. The zero-order valence-electron chi connectivity index (χ0n) is 11.0. The molecule has 1 aliphatic carbocycles. The average molecular weight is 256 g/mol. The summed E-state index contributed by atoms with van der Waals surface area (Å²) in [6, 6.07) is 0.342. The van der Waals surface area contributed by atoms with Crippen molar-refractivity contribution in [1.29, 1.82) is 0 Å². The molecular weight excluding hydrogens is 232 g/mol. The van der Waals surface area contributed by atoms with Gasteiger partial charge in [-0.3, -0.25) is 10.4 Å². The van der Waals surface area contributed by atoms with Crippen LogP contribution in [0.3, 0.4) is 0 Å². The van der Waals surface area contributed by atoms with Crippen LogP contribution < -0.4 is 16.6 Å². The highest BCUT2D eigenvalue weighted by Gasteiger charge is 2.40. The molecule has 0 radical (unpaired) electrons. The van der Waals surface area contributed by atoms with Crippen molar-refractivity contribution in [2.45, 2.75) is 37.8 Å². The first-order chi connectivity index (χ1) is 8.85. The predicted molar refractivity (Wildman–Crippen MR) is 70.1 cm³/mol. The molecule has 1 heterocycles. The van der Waals surface area contributed by atoms with Crippen LogP contribution in [0.5, 0.6) is 0 Å². The number of methoxy groups -OCH3 is 1. The monoisotopic (exact) mass is 256 g/mol. The summed E-state index contributed by atoms with van der Waals surface area (Å²) in [5, 5.41) is 3.36. The third-order valence-corrected chi connectivity index (χ3v) is 3.46. The van der Waals surface area contributed by atoms with Crippen molar-refractivity contribution in [2.75, 3.05) is 26.9 Å². The number of guanidine groups is 1. The molecule has 1 saturated heterocycles. The van der Waals surface area contributed by atoms with Crippen molar-refractivity contribution in [3.63, 3.8) is 0 Å². The van der Waals surface area contributed by atoms with Crippen LogP contribution in [-0.4, -0.2) is 45.0 Å². The summed E-state index contributed by atoms with van der Waals surface area (Å²) in [6.07, 6.45) is 4.84. The first-order valence-corrected chi connectivity index (χ1v) is 6.73.